The van der Waals surface area contributed by atoms with Crippen molar-refractivity contribution in [3.8, 4) is 11.5 Å². The fourth-order valence-electron chi connectivity index (χ4n) is 3.87. The number of unbranched alkanes of at least 4 members (excludes halogenated alkanes) is 1. The molecular formula is C22H32IN5O2S. The zero-order chi connectivity index (χ0) is 20.8. The predicted molar refractivity (Wildman–Crippen MR) is 136 cm³/mol. The number of aryl methyl sites for hydroxylation is 2. The first-order valence-corrected chi connectivity index (χ1v) is 11.6. The standard InChI is InChI=1S/C22H31N5O2S.HI/c1-17-15-30-21(25-17)5-3-4-8-24-22(23-2)27-11-9-26(10-12-27)14-18-6-7-19-20(13-18)29-16-28-19;/h6-7,13,15H,3-5,8-12,14,16H2,1-2H3,(H,23,24);1H. The van der Waals surface area contributed by atoms with Crippen molar-refractivity contribution >= 4 is 41.3 Å². The van der Waals surface area contributed by atoms with Gasteiger partial charge in [-0.1, -0.05) is 6.07 Å². The van der Waals surface area contributed by atoms with E-state index in [1.54, 1.807) is 11.3 Å². The Morgan fingerprint density at radius 2 is 1.97 bits per heavy atom. The van der Waals surface area contributed by atoms with Gasteiger partial charge in [-0.2, -0.15) is 0 Å². The lowest BCUT2D eigenvalue weighted by molar-refractivity contribution is 0.171. The van der Waals surface area contributed by atoms with E-state index < -0.39 is 0 Å². The predicted octanol–water partition coefficient (Wildman–Crippen LogP) is 3.51. The molecule has 0 amide bonds. The van der Waals surface area contributed by atoms with Crippen molar-refractivity contribution in [3.05, 3.63) is 39.8 Å². The number of fused-ring (bicyclic) bond motifs is 1. The number of rotatable bonds is 7. The first-order chi connectivity index (χ1) is 14.7. The number of aromatic nitrogens is 1. The third-order valence-corrected chi connectivity index (χ3v) is 6.52. The summed E-state index contributed by atoms with van der Waals surface area (Å²) in [5, 5.41) is 6.91. The van der Waals surface area contributed by atoms with Gasteiger partial charge in [-0.15, -0.1) is 35.3 Å². The van der Waals surface area contributed by atoms with Crippen LogP contribution in [0.3, 0.4) is 0 Å². The normalized spacial score (nSPS) is 16.3. The highest BCUT2D eigenvalue weighted by atomic mass is 127. The number of piperazine rings is 1. The largest absolute Gasteiger partial charge is 0.454 e. The summed E-state index contributed by atoms with van der Waals surface area (Å²) in [5.74, 6) is 2.73. The number of hydrogen-bond acceptors (Lipinski definition) is 6. The molecule has 0 aliphatic carbocycles. The van der Waals surface area contributed by atoms with E-state index in [0.717, 1.165) is 81.7 Å². The molecule has 1 aromatic heterocycles. The summed E-state index contributed by atoms with van der Waals surface area (Å²) in [5.41, 5.74) is 2.40. The first-order valence-electron chi connectivity index (χ1n) is 10.7. The van der Waals surface area contributed by atoms with Crippen LogP contribution in [0.5, 0.6) is 11.5 Å². The molecule has 2 aliphatic heterocycles. The minimum Gasteiger partial charge on any atom is -0.454 e. The quantitative estimate of drug-likeness (QED) is 0.244. The summed E-state index contributed by atoms with van der Waals surface area (Å²) in [7, 11) is 1.87. The smallest absolute Gasteiger partial charge is 0.231 e. The van der Waals surface area contributed by atoms with Crippen LogP contribution in [0.15, 0.2) is 28.6 Å². The van der Waals surface area contributed by atoms with Gasteiger partial charge in [0.1, 0.15) is 0 Å². The molecule has 0 unspecified atom stereocenters. The van der Waals surface area contributed by atoms with Gasteiger partial charge in [0, 0.05) is 57.4 Å². The van der Waals surface area contributed by atoms with E-state index in [-0.39, 0.29) is 24.0 Å². The summed E-state index contributed by atoms with van der Waals surface area (Å²) in [6, 6.07) is 6.24. The lowest BCUT2D eigenvalue weighted by atomic mass is 10.1. The number of benzene rings is 1. The molecule has 1 fully saturated rings. The van der Waals surface area contributed by atoms with Crippen molar-refractivity contribution in [2.24, 2.45) is 4.99 Å². The van der Waals surface area contributed by atoms with Gasteiger partial charge < -0.3 is 19.7 Å². The SMILES string of the molecule is CN=C(NCCCCc1nc(C)cs1)N1CCN(Cc2ccc3c(c2)OCO3)CC1.I. The highest BCUT2D eigenvalue weighted by Crippen LogP contribution is 2.32. The van der Waals surface area contributed by atoms with E-state index in [9.17, 15) is 0 Å². The fraction of sp³-hybridized carbons (Fsp3) is 0.545. The van der Waals surface area contributed by atoms with Crippen molar-refractivity contribution in [3.63, 3.8) is 0 Å². The van der Waals surface area contributed by atoms with Crippen molar-refractivity contribution in [1.29, 1.82) is 0 Å². The number of nitrogens with zero attached hydrogens (tertiary/aromatic N) is 4. The molecule has 0 spiro atoms. The second-order valence-electron chi connectivity index (χ2n) is 7.76. The van der Waals surface area contributed by atoms with Gasteiger partial charge in [0.25, 0.3) is 0 Å². The summed E-state index contributed by atoms with van der Waals surface area (Å²) in [6.07, 6.45) is 3.35. The third kappa shape index (κ3) is 6.69. The summed E-state index contributed by atoms with van der Waals surface area (Å²) in [4.78, 5) is 13.9. The minimum atomic E-state index is 0. The molecule has 170 valence electrons. The molecule has 31 heavy (non-hydrogen) atoms. The second-order valence-corrected chi connectivity index (χ2v) is 8.71. The monoisotopic (exact) mass is 557 g/mol. The van der Waals surface area contributed by atoms with Crippen LogP contribution in [0.25, 0.3) is 0 Å². The number of aliphatic imine (C=N–C) groups is 1. The Labute approximate surface area is 205 Å². The average molecular weight is 558 g/mol. The van der Waals surface area contributed by atoms with Crippen LogP contribution in [0.1, 0.15) is 29.1 Å². The Morgan fingerprint density at radius 1 is 1.16 bits per heavy atom. The first kappa shape index (κ1) is 24.1. The maximum Gasteiger partial charge on any atom is 0.231 e. The van der Waals surface area contributed by atoms with Crippen LogP contribution in [-0.4, -0.2) is 67.3 Å². The van der Waals surface area contributed by atoms with E-state index in [1.165, 1.54) is 10.6 Å². The molecular weight excluding hydrogens is 525 g/mol. The second kappa shape index (κ2) is 11.9. The van der Waals surface area contributed by atoms with Gasteiger partial charge in [0.05, 0.1) is 5.01 Å². The molecule has 4 rings (SSSR count). The minimum absolute atomic E-state index is 0. The highest BCUT2D eigenvalue weighted by Gasteiger charge is 2.20. The molecule has 0 atom stereocenters. The third-order valence-electron chi connectivity index (χ3n) is 5.49. The van der Waals surface area contributed by atoms with Crippen molar-refractivity contribution in [2.75, 3.05) is 46.6 Å². The summed E-state index contributed by atoms with van der Waals surface area (Å²) < 4.78 is 10.9. The van der Waals surface area contributed by atoms with E-state index in [0.29, 0.717) is 6.79 Å². The lowest BCUT2D eigenvalue weighted by Crippen LogP contribution is -2.52. The number of thiazole rings is 1. The Kier molecular flexibility index (Phi) is 9.21. The molecule has 9 heteroatoms. The van der Waals surface area contributed by atoms with Gasteiger partial charge in [-0.05, 0) is 43.9 Å². The Hall–Kier alpha value is -1.59. The highest BCUT2D eigenvalue weighted by molar-refractivity contribution is 14.0. The maximum absolute atomic E-state index is 5.50. The van der Waals surface area contributed by atoms with E-state index in [2.05, 4.69) is 49.5 Å². The number of guanidine groups is 1. The van der Waals surface area contributed by atoms with E-state index in [1.807, 2.05) is 13.1 Å². The molecule has 1 N–H and O–H groups in total. The number of hydrogen-bond donors (Lipinski definition) is 1. The van der Waals surface area contributed by atoms with Crippen LogP contribution in [0, 0.1) is 6.92 Å². The number of halogens is 1. The Balaban J connectivity index is 0.00000272. The fourth-order valence-corrected chi connectivity index (χ4v) is 4.68. The van der Waals surface area contributed by atoms with Crippen LogP contribution in [0.2, 0.25) is 0 Å². The van der Waals surface area contributed by atoms with Gasteiger partial charge in [-0.3, -0.25) is 9.89 Å². The van der Waals surface area contributed by atoms with E-state index in [4.69, 9.17) is 9.47 Å². The zero-order valence-electron chi connectivity index (χ0n) is 18.3. The molecule has 0 radical (unpaired) electrons. The van der Waals surface area contributed by atoms with Crippen molar-refractivity contribution in [1.82, 2.24) is 20.1 Å². The average Bonchev–Trinajstić information content (AvgIpc) is 3.40. The van der Waals surface area contributed by atoms with Crippen LogP contribution in [-0.2, 0) is 13.0 Å². The van der Waals surface area contributed by atoms with Crippen LogP contribution >= 0.6 is 35.3 Å². The van der Waals surface area contributed by atoms with Gasteiger partial charge >= 0.3 is 0 Å². The topological polar surface area (TPSA) is 62.2 Å². The molecule has 2 aliphatic rings. The molecule has 0 saturated carbocycles. The molecule has 2 aromatic rings. The molecule has 1 aromatic carbocycles. The number of ether oxygens (including phenoxy) is 2. The van der Waals surface area contributed by atoms with E-state index >= 15 is 0 Å². The van der Waals surface area contributed by atoms with Crippen molar-refractivity contribution < 1.29 is 9.47 Å². The van der Waals surface area contributed by atoms with Gasteiger partial charge in [0.15, 0.2) is 17.5 Å². The number of nitrogens with one attached hydrogen (secondary N) is 1. The van der Waals surface area contributed by atoms with Crippen LogP contribution < -0.4 is 14.8 Å². The zero-order valence-corrected chi connectivity index (χ0v) is 21.4. The Bertz CT molecular complexity index is 867. The summed E-state index contributed by atoms with van der Waals surface area (Å²) in [6.45, 7) is 8.30. The van der Waals surface area contributed by atoms with Gasteiger partial charge in [-0.25, -0.2) is 4.98 Å². The molecule has 0 bridgehead atoms. The van der Waals surface area contributed by atoms with Gasteiger partial charge in [0.2, 0.25) is 6.79 Å². The van der Waals surface area contributed by atoms with Crippen LogP contribution in [0.4, 0.5) is 0 Å². The summed E-state index contributed by atoms with van der Waals surface area (Å²) >= 11 is 1.77. The van der Waals surface area contributed by atoms with Crippen molar-refractivity contribution in [2.45, 2.75) is 32.7 Å². The lowest BCUT2D eigenvalue weighted by Gasteiger charge is -2.36. The Morgan fingerprint density at radius 3 is 2.71 bits per heavy atom. The molecule has 3 heterocycles. The molecule has 7 nitrogen and oxygen atoms in total. The molecule has 1 saturated heterocycles. The maximum atomic E-state index is 5.50.